The second-order valence-electron chi connectivity index (χ2n) is 1.04. The number of carbonyl (C=O) groups is 2. The fourth-order valence-corrected chi connectivity index (χ4v) is 0. The minimum atomic E-state index is -1.82. The lowest BCUT2D eigenvalue weighted by molar-refractivity contribution is -0.159. The van der Waals surface area contributed by atoms with Gasteiger partial charge >= 0.3 is 11.9 Å². The molecule has 0 atom stereocenters. The molecule has 9 heavy (non-hydrogen) atoms. The summed E-state index contributed by atoms with van der Waals surface area (Å²) in [4.78, 5) is 22.4. The molecule has 1 rings (SSSR count). The van der Waals surface area contributed by atoms with Crippen molar-refractivity contribution >= 4 is 11.9 Å². The van der Waals surface area contributed by atoms with Crippen LogP contribution in [-0.4, -0.2) is 28.9 Å². The average Bonchev–Trinajstić information content (AvgIpc) is 2.46. The predicted octanol–water partition coefficient (Wildman–Crippen LogP) is -1.37. The highest BCUT2D eigenvalue weighted by Crippen LogP contribution is 1.70. The SMILES string of the molecule is C1NO1.O=C(O)C(=O)O. The molecule has 52 valence electrons. The van der Waals surface area contributed by atoms with Gasteiger partial charge in [-0.1, -0.05) is 0 Å². The smallest absolute Gasteiger partial charge is 0.414 e. The Hall–Kier alpha value is -1.14. The number of carboxylic acids is 2. The van der Waals surface area contributed by atoms with Crippen molar-refractivity contribution in [2.75, 3.05) is 6.73 Å². The van der Waals surface area contributed by atoms with Gasteiger partial charge in [0.2, 0.25) is 0 Å². The first kappa shape index (κ1) is 7.86. The zero-order chi connectivity index (χ0) is 7.28. The topological polar surface area (TPSA) is 109 Å². The lowest BCUT2D eigenvalue weighted by Crippen LogP contribution is -2.09. The second kappa shape index (κ2) is 3.81. The number of nitrogens with one attached hydrogen (secondary N) is 1. The van der Waals surface area contributed by atoms with Crippen LogP contribution in [0.1, 0.15) is 0 Å². The van der Waals surface area contributed by atoms with Gasteiger partial charge in [0.1, 0.15) is 6.73 Å². The van der Waals surface area contributed by atoms with Crippen molar-refractivity contribution in [3.63, 3.8) is 0 Å². The maximum absolute atomic E-state index is 9.10. The van der Waals surface area contributed by atoms with Crippen LogP contribution in [0.15, 0.2) is 0 Å². The minimum absolute atomic E-state index is 0.750. The number of rotatable bonds is 0. The summed E-state index contributed by atoms with van der Waals surface area (Å²) in [5.74, 6) is -3.65. The zero-order valence-corrected chi connectivity index (χ0v) is 4.33. The van der Waals surface area contributed by atoms with Crippen molar-refractivity contribution < 1.29 is 24.6 Å². The molecule has 0 amide bonds. The standard InChI is InChI=1S/C2H2O4.CH3NO/c3-1(4)2(5)6;1-2-3-1/h(H,3,4)(H,5,6);2H,1H2. The van der Waals surface area contributed by atoms with E-state index in [1.54, 1.807) is 0 Å². The Labute approximate surface area is 50.0 Å². The van der Waals surface area contributed by atoms with Crippen LogP contribution >= 0.6 is 0 Å². The van der Waals surface area contributed by atoms with E-state index in [1.807, 2.05) is 0 Å². The summed E-state index contributed by atoms with van der Waals surface area (Å²) in [6.07, 6.45) is 0. The highest BCUT2D eigenvalue weighted by molar-refractivity contribution is 6.27. The maximum atomic E-state index is 9.10. The Morgan fingerprint density at radius 2 is 1.56 bits per heavy atom. The summed E-state index contributed by atoms with van der Waals surface area (Å²) in [5.41, 5.74) is 2.50. The van der Waals surface area contributed by atoms with Crippen LogP contribution in [0.4, 0.5) is 0 Å². The van der Waals surface area contributed by atoms with E-state index < -0.39 is 11.9 Å². The van der Waals surface area contributed by atoms with Crippen molar-refractivity contribution in [1.82, 2.24) is 5.48 Å². The van der Waals surface area contributed by atoms with Crippen molar-refractivity contribution in [3.05, 3.63) is 0 Å². The molecular formula is C3H5NO5. The van der Waals surface area contributed by atoms with Gasteiger partial charge in [-0.05, 0) is 0 Å². The molecule has 1 saturated heterocycles. The van der Waals surface area contributed by atoms with E-state index in [0.717, 1.165) is 6.73 Å². The molecule has 0 spiro atoms. The van der Waals surface area contributed by atoms with Crippen LogP contribution in [0.25, 0.3) is 0 Å². The van der Waals surface area contributed by atoms with Gasteiger partial charge in [0.15, 0.2) is 0 Å². The highest BCUT2D eigenvalue weighted by atomic mass is 16.8. The summed E-state index contributed by atoms with van der Waals surface area (Å²) in [6.45, 7) is 0.750. The molecule has 0 aliphatic carbocycles. The van der Waals surface area contributed by atoms with E-state index in [2.05, 4.69) is 10.3 Å². The molecule has 1 heterocycles. The molecule has 1 aliphatic heterocycles. The highest BCUT2D eigenvalue weighted by Gasteiger charge is 2.04. The summed E-state index contributed by atoms with van der Waals surface area (Å²) in [5, 5.41) is 14.8. The third-order valence-electron chi connectivity index (χ3n) is 0.327. The third-order valence-corrected chi connectivity index (χ3v) is 0.327. The fraction of sp³-hybridized carbons (Fsp3) is 0.333. The third kappa shape index (κ3) is 10.9. The minimum Gasteiger partial charge on any atom is -0.473 e. The summed E-state index contributed by atoms with van der Waals surface area (Å²) in [7, 11) is 0. The Morgan fingerprint density at radius 3 is 1.56 bits per heavy atom. The number of carboxylic acid groups (broad SMARTS) is 2. The second-order valence-corrected chi connectivity index (χ2v) is 1.04. The van der Waals surface area contributed by atoms with Gasteiger partial charge in [-0.25, -0.2) is 9.59 Å². The largest absolute Gasteiger partial charge is 0.473 e. The van der Waals surface area contributed by atoms with E-state index in [1.165, 1.54) is 0 Å². The monoisotopic (exact) mass is 135 g/mol. The molecule has 0 bridgehead atoms. The summed E-state index contributed by atoms with van der Waals surface area (Å²) < 4.78 is 0. The first-order valence-corrected chi connectivity index (χ1v) is 1.95. The molecule has 0 unspecified atom stereocenters. The molecule has 0 saturated carbocycles. The molecule has 0 radical (unpaired) electrons. The Morgan fingerprint density at radius 1 is 1.33 bits per heavy atom. The van der Waals surface area contributed by atoms with E-state index in [0.29, 0.717) is 0 Å². The van der Waals surface area contributed by atoms with E-state index in [9.17, 15) is 0 Å². The lowest BCUT2D eigenvalue weighted by Gasteiger charge is -1.72. The molecule has 3 N–H and O–H groups in total. The quantitative estimate of drug-likeness (QED) is 0.279. The number of aliphatic carboxylic acids is 2. The van der Waals surface area contributed by atoms with E-state index in [4.69, 9.17) is 19.8 Å². The molecule has 0 aromatic rings. The van der Waals surface area contributed by atoms with Gasteiger partial charge in [-0.15, -0.1) is 0 Å². The van der Waals surface area contributed by atoms with E-state index >= 15 is 0 Å². The van der Waals surface area contributed by atoms with Gasteiger partial charge in [0, 0.05) is 0 Å². The first-order valence-electron chi connectivity index (χ1n) is 1.95. The van der Waals surface area contributed by atoms with Crippen molar-refractivity contribution in [2.24, 2.45) is 0 Å². The first-order chi connectivity index (χ1) is 4.14. The van der Waals surface area contributed by atoms with E-state index in [-0.39, 0.29) is 0 Å². The van der Waals surface area contributed by atoms with Gasteiger partial charge in [0.05, 0.1) is 0 Å². The molecule has 0 aromatic carbocycles. The Balaban J connectivity index is 0.000000173. The van der Waals surface area contributed by atoms with Gasteiger partial charge in [0.25, 0.3) is 0 Å². The normalized spacial score (nSPS) is 12.9. The summed E-state index contributed by atoms with van der Waals surface area (Å²) >= 11 is 0. The average molecular weight is 135 g/mol. The molecule has 1 fully saturated rings. The van der Waals surface area contributed by atoms with Crippen LogP contribution in [0.5, 0.6) is 0 Å². The van der Waals surface area contributed by atoms with Crippen molar-refractivity contribution in [3.8, 4) is 0 Å². The molecular weight excluding hydrogens is 130 g/mol. The van der Waals surface area contributed by atoms with Crippen LogP contribution in [0.2, 0.25) is 0 Å². The van der Waals surface area contributed by atoms with Crippen molar-refractivity contribution in [1.29, 1.82) is 0 Å². The summed E-state index contributed by atoms with van der Waals surface area (Å²) in [6, 6.07) is 0. The van der Waals surface area contributed by atoms with Gasteiger partial charge < -0.3 is 10.2 Å². The number of hydrogen-bond acceptors (Lipinski definition) is 4. The van der Waals surface area contributed by atoms with Crippen LogP contribution < -0.4 is 5.48 Å². The van der Waals surface area contributed by atoms with Crippen LogP contribution in [-0.2, 0) is 14.4 Å². The van der Waals surface area contributed by atoms with Gasteiger partial charge in [-0.2, -0.15) is 5.48 Å². The number of hydrogen-bond donors (Lipinski definition) is 3. The molecule has 6 heteroatoms. The zero-order valence-electron chi connectivity index (χ0n) is 4.33. The lowest BCUT2D eigenvalue weighted by atomic mass is 10.7. The fourth-order valence-electron chi connectivity index (χ4n) is 0. The molecule has 1 aliphatic rings. The Bertz CT molecular complexity index is 105. The van der Waals surface area contributed by atoms with Crippen LogP contribution in [0, 0.1) is 0 Å². The molecule has 6 nitrogen and oxygen atoms in total. The predicted molar refractivity (Wildman–Crippen MR) is 24.4 cm³/mol. The Kier molecular flexibility index (Phi) is 3.33. The molecule has 0 aromatic heterocycles. The van der Waals surface area contributed by atoms with Gasteiger partial charge in [-0.3, -0.25) is 4.84 Å². The number of hydroxylamine groups is 1. The van der Waals surface area contributed by atoms with Crippen molar-refractivity contribution in [2.45, 2.75) is 0 Å². The maximum Gasteiger partial charge on any atom is 0.414 e. The van der Waals surface area contributed by atoms with Crippen LogP contribution in [0.3, 0.4) is 0 Å².